The Balaban J connectivity index is 0.00000165. The van der Waals surface area contributed by atoms with Crippen LogP contribution in [0.15, 0.2) is 40.5 Å². The van der Waals surface area contributed by atoms with E-state index in [9.17, 15) is 31.1 Å². The highest BCUT2D eigenvalue weighted by atomic mass is 19.4. The summed E-state index contributed by atoms with van der Waals surface area (Å²) in [4.78, 5) is 25.3. The van der Waals surface area contributed by atoms with Gasteiger partial charge < -0.3 is 9.30 Å². The molecule has 2 aliphatic carbocycles. The maximum Gasteiger partial charge on any atom is 0.420 e. The number of aryl methyl sites for hydroxylation is 1. The molecule has 6 rings (SSSR count). The highest BCUT2D eigenvalue weighted by Crippen LogP contribution is 2.43. The molecule has 0 radical (unpaired) electrons. The molecule has 0 amide bonds. The highest BCUT2D eigenvalue weighted by molar-refractivity contribution is 5.90. The first kappa shape index (κ1) is 29.0. The Bertz CT molecular complexity index is 1610. The predicted octanol–water partition coefficient (Wildman–Crippen LogP) is 7.38. The van der Waals surface area contributed by atoms with Crippen LogP contribution in [0.4, 0.5) is 26.3 Å². The first-order valence-corrected chi connectivity index (χ1v) is 13.5. The summed E-state index contributed by atoms with van der Waals surface area (Å²) in [5.74, 6) is -0.00734. The molecule has 3 aromatic rings. The zero-order chi connectivity index (χ0) is 29.7. The van der Waals surface area contributed by atoms with Crippen LogP contribution < -0.4 is 5.56 Å². The van der Waals surface area contributed by atoms with Gasteiger partial charge in [0, 0.05) is 48.2 Å². The summed E-state index contributed by atoms with van der Waals surface area (Å²) >= 11 is 0. The molecule has 2 fully saturated rings. The number of nitrogens with zero attached hydrogens (tertiary/aromatic N) is 4. The normalized spacial score (nSPS) is 21.0. The Morgan fingerprint density at radius 1 is 1.00 bits per heavy atom. The molecule has 3 aromatic heterocycles. The fraction of sp³-hybridized carbons (Fsp3) is 0.483. The number of aromatic nitrogens is 4. The molecular weight excluding hydrogens is 550 g/mol. The van der Waals surface area contributed by atoms with Crippen LogP contribution in [-0.2, 0) is 10.9 Å². The Kier molecular flexibility index (Phi) is 7.59. The fourth-order valence-electron chi connectivity index (χ4n) is 5.13. The summed E-state index contributed by atoms with van der Waals surface area (Å²) in [6, 6.07) is 4.26. The van der Waals surface area contributed by atoms with E-state index < -0.39 is 29.9 Å². The lowest BCUT2D eigenvalue weighted by Crippen LogP contribution is -2.24. The Morgan fingerprint density at radius 2 is 1.71 bits per heavy atom. The van der Waals surface area contributed by atoms with Gasteiger partial charge in [-0.05, 0) is 50.3 Å². The van der Waals surface area contributed by atoms with Gasteiger partial charge in [-0.25, -0.2) is 15.0 Å². The van der Waals surface area contributed by atoms with Crippen molar-refractivity contribution in [2.45, 2.75) is 83.3 Å². The summed E-state index contributed by atoms with van der Waals surface area (Å²) in [6.45, 7) is 5.56. The van der Waals surface area contributed by atoms with Crippen molar-refractivity contribution in [3.05, 3.63) is 74.4 Å². The molecule has 1 saturated heterocycles. The van der Waals surface area contributed by atoms with Crippen molar-refractivity contribution in [1.29, 1.82) is 0 Å². The molecule has 3 aliphatic rings. The number of halogens is 6. The van der Waals surface area contributed by atoms with Crippen LogP contribution in [0.5, 0.6) is 0 Å². The average Bonchev–Trinajstić information content (AvgIpc) is 3.73. The molecule has 0 bridgehead atoms. The van der Waals surface area contributed by atoms with Crippen molar-refractivity contribution in [2.24, 2.45) is 0 Å². The summed E-state index contributed by atoms with van der Waals surface area (Å²) < 4.78 is 87.9. The molecular formula is C29H28F6N4O2. The van der Waals surface area contributed by atoms with Gasteiger partial charge in [-0.3, -0.25) is 4.79 Å². The number of allylic oxidation sites excluding steroid dienone is 1. The van der Waals surface area contributed by atoms with Crippen molar-refractivity contribution >= 4 is 16.6 Å². The predicted molar refractivity (Wildman–Crippen MR) is 139 cm³/mol. The minimum absolute atomic E-state index is 0.0133. The molecule has 6 nitrogen and oxygen atoms in total. The third kappa shape index (κ3) is 5.81. The fourth-order valence-corrected chi connectivity index (χ4v) is 5.13. The lowest BCUT2D eigenvalue weighted by atomic mass is 9.90. The second-order valence-corrected chi connectivity index (χ2v) is 10.2. The van der Waals surface area contributed by atoms with Crippen LogP contribution in [0.1, 0.15) is 92.4 Å². The molecule has 218 valence electrons. The molecule has 4 heterocycles. The van der Waals surface area contributed by atoms with Gasteiger partial charge in [-0.2, -0.15) is 26.3 Å². The van der Waals surface area contributed by atoms with Crippen LogP contribution in [0, 0.1) is 6.92 Å². The molecule has 0 N–H and O–H groups in total. The number of rotatable bonds is 4. The zero-order valence-electron chi connectivity index (χ0n) is 22.7. The van der Waals surface area contributed by atoms with E-state index in [0.717, 1.165) is 24.5 Å². The van der Waals surface area contributed by atoms with Crippen LogP contribution in [0.3, 0.4) is 0 Å². The number of pyridine rings is 2. The van der Waals surface area contributed by atoms with E-state index in [1.807, 2.05) is 13.8 Å². The van der Waals surface area contributed by atoms with E-state index in [4.69, 9.17) is 4.74 Å². The molecule has 41 heavy (non-hydrogen) atoms. The van der Waals surface area contributed by atoms with E-state index in [2.05, 4.69) is 20.7 Å². The standard InChI is InChI=1S/C27H22F6N4O2.C2H6/c1-13-20(27(31,32)33)11-19-23(16-8-17(9-16)26(28,29)30)35-24(36-25(19)34-13)14-6-7-39-21(10-14)15-2-5-22(38)37(12-15)18-3-4-18;1-2/h2,5,11-12,14,18,21H,3-4,6-8,10H2,1H3;1-2H3/t14-,21+;/m0./s1. The minimum Gasteiger partial charge on any atom is -0.373 e. The second-order valence-electron chi connectivity index (χ2n) is 10.2. The lowest BCUT2D eigenvalue weighted by molar-refractivity contribution is -0.138. The van der Waals surface area contributed by atoms with Crippen molar-refractivity contribution < 1.29 is 31.1 Å². The SMILES string of the molecule is CC.Cc1nc2nc([C@H]3CCO[C@@H](c4ccc(=O)n(C5CC5)c4)C3)nc(C3=C=C(C(F)(F)F)C3)c2cc1C(F)(F)F. The minimum atomic E-state index is -4.70. The van der Waals surface area contributed by atoms with Crippen molar-refractivity contribution in [3.8, 4) is 0 Å². The number of alkyl halides is 6. The maximum absolute atomic E-state index is 13.6. The molecule has 0 aromatic carbocycles. The summed E-state index contributed by atoms with van der Waals surface area (Å²) in [5.41, 5.74) is 0.832. The van der Waals surface area contributed by atoms with Gasteiger partial charge in [-0.15, -0.1) is 5.73 Å². The average molecular weight is 579 g/mol. The van der Waals surface area contributed by atoms with Crippen molar-refractivity contribution in [3.63, 3.8) is 0 Å². The van der Waals surface area contributed by atoms with Crippen LogP contribution in [0.2, 0.25) is 0 Å². The number of hydrogen-bond donors (Lipinski definition) is 0. The summed E-state index contributed by atoms with van der Waals surface area (Å²) in [6.07, 6.45) is -5.56. The molecule has 0 spiro atoms. The van der Waals surface area contributed by atoms with E-state index >= 15 is 0 Å². The molecule has 2 atom stereocenters. The smallest absolute Gasteiger partial charge is 0.373 e. The van der Waals surface area contributed by atoms with Crippen LogP contribution in [0.25, 0.3) is 16.6 Å². The molecule has 1 aliphatic heterocycles. The van der Waals surface area contributed by atoms with Crippen LogP contribution in [-0.4, -0.2) is 32.3 Å². The lowest BCUT2D eigenvalue weighted by Gasteiger charge is -2.30. The van der Waals surface area contributed by atoms with E-state index in [-0.39, 0.29) is 57.4 Å². The third-order valence-electron chi connectivity index (χ3n) is 7.41. The quantitative estimate of drug-likeness (QED) is 0.239. The number of ether oxygens (including phenoxy) is 1. The molecule has 12 heteroatoms. The van der Waals surface area contributed by atoms with E-state index in [1.54, 1.807) is 16.8 Å². The maximum atomic E-state index is 13.6. The topological polar surface area (TPSA) is 69.9 Å². The largest absolute Gasteiger partial charge is 0.420 e. The number of fused-ring (bicyclic) bond motifs is 1. The monoisotopic (exact) mass is 578 g/mol. The Hall–Kier alpha value is -3.50. The summed E-state index contributed by atoms with van der Waals surface area (Å²) in [7, 11) is 0. The van der Waals surface area contributed by atoms with E-state index in [0.29, 0.717) is 19.4 Å². The van der Waals surface area contributed by atoms with Crippen molar-refractivity contribution in [1.82, 2.24) is 19.5 Å². The van der Waals surface area contributed by atoms with Gasteiger partial charge in [-0.1, -0.05) is 13.8 Å². The Morgan fingerprint density at radius 3 is 2.34 bits per heavy atom. The molecule has 0 unspecified atom stereocenters. The molecule has 1 saturated carbocycles. The van der Waals surface area contributed by atoms with Gasteiger partial charge in [0.1, 0.15) is 5.82 Å². The van der Waals surface area contributed by atoms with Crippen molar-refractivity contribution in [2.75, 3.05) is 6.61 Å². The Labute approximate surface area is 231 Å². The van der Waals surface area contributed by atoms with Gasteiger partial charge in [0.05, 0.1) is 28.6 Å². The summed E-state index contributed by atoms with van der Waals surface area (Å²) in [5, 5.41) is -0.0690. The third-order valence-corrected chi connectivity index (χ3v) is 7.41. The first-order chi connectivity index (χ1) is 19.4. The van der Waals surface area contributed by atoms with Gasteiger partial charge in [0.2, 0.25) is 0 Å². The van der Waals surface area contributed by atoms with E-state index in [1.165, 1.54) is 13.0 Å². The van der Waals surface area contributed by atoms with Gasteiger partial charge in [0.15, 0.2) is 5.65 Å². The van der Waals surface area contributed by atoms with Crippen LogP contribution >= 0.6 is 0 Å². The highest BCUT2D eigenvalue weighted by Gasteiger charge is 2.40. The number of hydrogen-bond acceptors (Lipinski definition) is 5. The zero-order valence-corrected chi connectivity index (χ0v) is 22.7. The van der Waals surface area contributed by atoms with Gasteiger partial charge >= 0.3 is 12.4 Å². The second kappa shape index (κ2) is 10.7. The first-order valence-electron chi connectivity index (χ1n) is 13.5. The van der Waals surface area contributed by atoms with Gasteiger partial charge in [0.25, 0.3) is 5.56 Å².